The van der Waals surface area contributed by atoms with Gasteiger partial charge in [-0.3, -0.25) is 4.99 Å². The highest BCUT2D eigenvalue weighted by Gasteiger charge is 1.92. The number of rotatable bonds is 0. The van der Waals surface area contributed by atoms with Crippen molar-refractivity contribution in [3.8, 4) is 0 Å². The average molecular weight is 121 g/mol. The maximum Gasteiger partial charge on any atom is 0.0293 e. The molecule has 0 fully saturated rings. The summed E-state index contributed by atoms with van der Waals surface area (Å²) in [7, 11) is 0. The number of nitrogens with zero attached hydrogens (tertiary/aromatic N) is 1. The third-order valence-corrected chi connectivity index (χ3v) is 1.26. The molecule has 0 amide bonds. The van der Waals surface area contributed by atoms with Gasteiger partial charge in [-0.05, 0) is 12.5 Å². The average Bonchev–Trinajstić information content (AvgIpc) is 1.97. The van der Waals surface area contributed by atoms with Crippen molar-refractivity contribution in [2.45, 2.75) is 13.8 Å². The summed E-state index contributed by atoms with van der Waals surface area (Å²) in [5, 5.41) is 0. The Kier molecular flexibility index (Phi) is 1.83. The zero-order valence-electron chi connectivity index (χ0n) is 5.83. The summed E-state index contributed by atoms with van der Waals surface area (Å²) >= 11 is 0. The van der Waals surface area contributed by atoms with Crippen molar-refractivity contribution >= 4 is 6.21 Å². The largest absolute Gasteiger partial charge is 0.268 e. The first-order valence-corrected chi connectivity index (χ1v) is 3.17. The first kappa shape index (κ1) is 6.27. The van der Waals surface area contributed by atoms with E-state index in [1.54, 1.807) is 0 Å². The highest BCUT2D eigenvalue weighted by atomic mass is 14.7. The van der Waals surface area contributed by atoms with Gasteiger partial charge in [0.2, 0.25) is 0 Å². The summed E-state index contributed by atoms with van der Waals surface area (Å²) in [6, 6.07) is 0. The molecule has 1 aliphatic heterocycles. The van der Waals surface area contributed by atoms with Crippen LogP contribution in [-0.4, -0.2) is 6.21 Å². The van der Waals surface area contributed by atoms with Crippen LogP contribution in [0.25, 0.3) is 0 Å². The Labute approximate surface area is 55.8 Å². The molecular formula is C8H11N. The fourth-order valence-corrected chi connectivity index (χ4v) is 0.693. The Morgan fingerprint density at radius 1 is 1.56 bits per heavy atom. The standard InChI is InChI=1S/C8H11N/c1-7-3-4-8(2)6-9-5-7/h3-7H,1-2H3/t7-/m1/s1. The van der Waals surface area contributed by atoms with Crippen molar-refractivity contribution in [2.75, 3.05) is 0 Å². The number of aliphatic imine (C=N–C) groups is 1. The van der Waals surface area contributed by atoms with E-state index in [2.05, 4.69) is 24.1 Å². The van der Waals surface area contributed by atoms with E-state index in [1.165, 1.54) is 5.57 Å². The Bertz CT molecular complexity index is 175. The third kappa shape index (κ3) is 1.84. The lowest BCUT2D eigenvalue weighted by Gasteiger charge is -1.89. The zero-order valence-corrected chi connectivity index (χ0v) is 5.83. The van der Waals surface area contributed by atoms with E-state index in [9.17, 15) is 0 Å². The minimum absolute atomic E-state index is 0.485. The lowest BCUT2D eigenvalue weighted by atomic mass is 10.2. The van der Waals surface area contributed by atoms with E-state index in [0.29, 0.717) is 5.92 Å². The van der Waals surface area contributed by atoms with Crippen LogP contribution in [0.5, 0.6) is 0 Å². The Hall–Kier alpha value is -0.850. The second-order valence-corrected chi connectivity index (χ2v) is 2.39. The molecule has 1 aliphatic rings. The van der Waals surface area contributed by atoms with Crippen LogP contribution in [0, 0.1) is 5.92 Å². The smallest absolute Gasteiger partial charge is 0.0293 e. The summed E-state index contributed by atoms with van der Waals surface area (Å²) in [5.41, 5.74) is 1.22. The molecule has 0 N–H and O–H groups in total. The summed E-state index contributed by atoms with van der Waals surface area (Å²) in [6.45, 7) is 4.16. The van der Waals surface area contributed by atoms with Crippen LogP contribution in [0.1, 0.15) is 13.8 Å². The molecular weight excluding hydrogens is 110 g/mol. The predicted octanol–water partition coefficient (Wildman–Crippen LogP) is 2.17. The van der Waals surface area contributed by atoms with Crippen LogP contribution in [0.4, 0.5) is 0 Å². The second-order valence-electron chi connectivity index (χ2n) is 2.39. The van der Waals surface area contributed by atoms with Crippen molar-refractivity contribution in [3.63, 3.8) is 0 Å². The van der Waals surface area contributed by atoms with Gasteiger partial charge in [-0.1, -0.05) is 19.1 Å². The second kappa shape index (κ2) is 2.62. The first-order valence-electron chi connectivity index (χ1n) is 3.17. The lowest BCUT2D eigenvalue weighted by Crippen LogP contribution is -1.86. The van der Waals surface area contributed by atoms with Crippen LogP contribution in [0.3, 0.4) is 0 Å². The minimum atomic E-state index is 0.485. The van der Waals surface area contributed by atoms with E-state index < -0.39 is 0 Å². The molecule has 0 aliphatic carbocycles. The SMILES string of the molecule is CC1=CN=C[C@H](C)C=C1. The number of hydrogen-bond acceptors (Lipinski definition) is 1. The summed E-state index contributed by atoms with van der Waals surface area (Å²) < 4.78 is 0. The molecule has 0 spiro atoms. The van der Waals surface area contributed by atoms with Gasteiger partial charge in [0.25, 0.3) is 0 Å². The van der Waals surface area contributed by atoms with Gasteiger partial charge in [-0.2, -0.15) is 0 Å². The molecule has 1 heterocycles. The molecule has 1 nitrogen and oxygen atoms in total. The van der Waals surface area contributed by atoms with Gasteiger partial charge < -0.3 is 0 Å². The van der Waals surface area contributed by atoms with E-state index in [1.807, 2.05) is 19.3 Å². The zero-order chi connectivity index (χ0) is 6.69. The maximum absolute atomic E-state index is 4.08. The van der Waals surface area contributed by atoms with Gasteiger partial charge in [-0.25, -0.2) is 0 Å². The molecule has 0 saturated carbocycles. The monoisotopic (exact) mass is 121 g/mol. The summed E-state index contributed by atoms with van der Waals surface area (Å²) in [6.07, 6.45) is 8.05. The Morgan fingerprint density at radius 3 is 3.11 bits per heavy atom. The van der Waals surface area contributed by atoms with Gasteiger partial charge in [0.1, 0.15) is 0 Å². The van der Waals surface area contributed by atoms with E-state index >= 15 is 0 Å². The molecule has 9 heavy (non-hydrogen) atoms. The van der Waals surface area contributed by atoms with Crippen LogP contribution < -0.4 is 0 Å². The topological polar surface area (TPSA) is 12.4 Å². The fourth-order valence-electron chi connectivity index (χ4n) is 0.693. The molecule has 0 unspecified atom stereocenters. The molecule has 0 saturated heterocycles. The first-order chi connectivity index (χ1) is 4.29. The molecule has 0 aromatic carbocycles. The van der Waals surface area contributed by atoms with Gasteiger partial charge in [0.15, 0.2) is 0 Å². The molecule has 1 rings (SSSR count). The van der Waals surface area contributed by atoms with Crippen LogP contribution in [-0.2, 0) is 0 Å². The van der Waals surface area contributed by atoms with Crippen molar-refractivity contribution in [3.05, 3.63) is 23.9 Å². The van der Waals surface area contributed by atoms with Crippen molar-refractivity contribution in [1.29, 1.82) is 0 Å². The molecule has 0 bridgehead atoms. The maximum atomic E-state index is 4.08. The lowest BCUT2D eigenvalue weighted by molar-refractivity contribution is 1.03. The van der Waals surface area contributed by atoms with Gasteiger partial charge in [-0.15, -0.1) is 0 Å². The molecule has 0 aromatic heterocycles. The minimum Gasteiger partial charge on any atom is -0.268 e. The highest BCUT2D eigenvalue weighted by Crippen LogP contribution is 2.03. The van der Waals surface area contributed by atoms with Crippen molar-refractivity contribution < 1.29 is 0 Å². The Balaban J connectivity index is 2.75. The molecule has 1 atom stereocenters. The van der Waals surface area contributed by atoms with Gasteiger partial charge in [0, 0.05) is 18.3 Å². The van der Waals surface area contributed by atoms with Crippen LogP contribution in [0.15, 0.2) is 28.9 Å². The molecule has 0 aromatic rings. The molecule has 48 valence electrons. The van der Waals surface area contributed by atoms with Crippen LogP contribution in [0.2, 0.25) is 0 Å². The van der Waals surface area contributed by atoms with Crippen molar-refractivity contribution in [1.82, 2.24) is 0 Å². The predicted molar refractivity (Wildman–Crippen MR) is 40.6 cm³/mol. The van der Waals surface area contributed by atoms with Crippen LogP contribution >= 0.6 is 0 Å². The van der Waals surface area contributed by atoms with E-state index in [-0.39, 0.29) is 0 Å². The molecule has 1 heteroatoms. The number of hydrogen-bond donors (Lipinski definition) is 0. The summed E-state index contributed by atoms with van der Waals surface area (Å²) in [5.74, 6) is 0.485. The quantitative estimate of drug-likeness (QED) is 0.465. The Morgan fingerprint density at radius 2 is 2.33 bits per heavy atom. The molecule has 0 radical (unpaired) electrons. The van der Waals surface area contributed by atoms with Crippen molar-refractivity contribution in [2.24, 2.45) is 10.9 Å². The van der Waals surface area contributed by atoms with Gasteiger partial charge >= 0.3 is 0 Å². The summed E-state index contributed by atoms with van der Waals surface area (Å²) in [4.78, 5) is 4.08. The number of allylic oxidation sites excluding steroid dienone is 3. The third-order valence-electron chi connectivity index (χ3n) is 1.26. The van der Waals surface area contributed by atoms with Gasteiger partial charge in [0.05, 0.1) is 0 Å². The highest BCUT2D eigenvalue weighted by molar-refractivity contribution is 5.64. The normalized spacial score (nSPS) is 25.6. The van der Waals surface area contributed by atoms with E-state index in [0.717, 1.165) is 0 Å². The fraction of sp³-hybridized carbons (Fsp3) is 0.375. The van der Waals surface area contributed by atoms with E-state index in [4.69, 9.17) is 0 Å².